The number of alkyl halides is 2. The van der Waals surface area contributed by atoms with E-state index >= 15 is 0 Å². The van der Waals surface area contributed by atoms with Crippen molar-refractivity contribution in [3.05, 3.63) is 59.7 Å². The van der Waals surface area contributed by atoms with E-state index in [1.165, 1.54) is 0 Å². The molecular formula is C19H14F2N2O2S. The summed E-state index contributed by atoms with van der Waals surface area (Å²) in [4.78, 5) is 8.85. The summed E-state index contributed by atoms with van der Waals surface area (Å²) in [6.07, 6.45) is 0.409. The molecule has 1 aliphatic rings. The summed E-state index contributed by atoms with van der Waals surface area (Å²) in [6, 6.07) is 14.7. The molecule has 0 unspecified atom stereocenters. The maximum atomic E-state index is 13.1. The van der Waals surface area contributed by atoms with Crippen LogP contribution >= 0.6 is 11.8 Å². The average Bonchev–Trinajstić information content (AvgIpc) is 2.66. The first-order chi connectivity index (χ1) is 12.7. The van der Waals surface area contributed by atoms with E-state index < -0.39 is 5.76 Å². The first kappa shape index (κ1) is 16.8. The fourth-order valence-corrected chi connectivity index (χ4v) is 3.45. The van der Waals surface area contributed by atoms with Gasteiger partial charge < -0.3 is 9.47 Å². The van der Waals surface area contributed by atoms with Crippen molar-refractivity contribution in [2.24, 2.45) is 0 Å². The molecule has 0 N–H and O–H groups in total. The summed E-state index contributed by atoms with van der Waals surface area (Å²) in [5.41, 5.74) is 2.15. The van der Waals surface area contributed by atoms with Crippen molar-refractivity contribution in [2.45, 2.75) is 17.2 Å². The number of fused-ring (bicyclic) bond motifs is 2. The van der Waals surface area contributed by atoms with Crippen LogP contribution in [0.25, 0.3) is 11.4 Å². The van der Waals surface area contributed by atoms with Gasteiger partial charge in [0.15, 0.2) is 17.3 Å². The van der Waals surface area contributed by atoms with Crippen LogP contribution in [-0.4, -0.2) is 22.8 Å². The molecule has 4 rings (SSSR count). The van der Waals surface area contributed by atoms with Crippen molar-refractivity contribution in [1.82, 2.24) is 9.97 Å². The van der Waals surface area contributed by atoms with Gasteiger partial charge in [0, 0.05) is 17.5 Å². The van der Waals surface area contributed by atoms with Crippen LogP contribution in [0, 0.1) is 0 Å². The van der Waals surface area contributed by atoms with E-state index in [0.29, 0.717) is 46.9 Å². The highest BCUT2D eigenvalue weighted by molar-refractivity contribution is 7.99. The maximum absolute atomic E-state index is 13.1. The molecule has 2 heterocycles. The molecule has 0 saturated heterocycles. The van der Waals surface area contributed by atoms with Crippen LogP contribution in [0.5, 0.6) is 17.4 Å². The monoisotopic (exact) mass is 372 g/mol. The quantitative estimate of drug-likeness (QED) is 0.366. The third-order valence-electron chi connectivity index (χ3n) is 4.01. The minimum Gasteiger partial charge on any atom is -0.493 e. The van der Waals surface area contributed by atoms with E-state index in [1.54, 1.807) is 13.2 Å². The molecule has 26 heavy (non-hydrogen) atoms. The van der Waals surface area contributed by atoms with Gasteiger partial charge in [-0.15, -0.1) is 0 Å². The van der Waals surface area contributed by atoms with Crippen molar-refractivity contribution < 1.29 is 18.3 Å². The summed E-state index contributed by atoms with van der Waals surface area (Å²) in [5.74, 6) is -0.793. The minimum atomic E-state index is -2.58. The van der Waals surface area contributed by atoms with Gasteiger partial charge in [-0.2, -0.15) is 13.8 Å². The Bertz CT molecular complexity index is 952. The Balaban J connectivity index is 1.85. The van der Waals surface area contributed by atoms with Gasteiger partial charge in [0.1, 0.15) is 5.03 Å². The normalized spacial score (nSPS) is 12.3. The predicted octanol–water partition coefficient (Wildman–Crippen LogP) is 5.16. The Kier molecular flexibility index (Phi) is 4.46. The van der Waals surface area contributed by atoms with Gasteiger partial charge in [-0.25, -0.2) is 4.98 Å². The highest BCUT2D eigenvalue weighted by Crippen LogP contribution is 2.45. The standard InChI is InChI=1S/C19H14F2N2O2S/c1-24-14-9-5-8-12-10-13-17(25-15(12)14)22-16(11-6-3-2-4-7-11)23-18(13)26-19(20)21/h2-9,19H,10H2,1H3. The SMILES string of the molecule is COc1cccc2c1Oc1nc(-c3ccccc3)nc(SC(F)F)c1C2. The number of para-hydroxylation sites is 1. The molecule has 1 aliphatic heterocycles. The Morgan fingerprint density at radius 1 is 1.08 bits per heavy atom. The maximum Gasteiger partial charge on any atom is 0.290 e. The summed E-state index contributed by atoms with van der Waals surface area (Å²) in [7, 11) is 1.56. The zero-order valence-electron chi connectivity index (χ0n) is 13.8. The lowest BCUT2D eigenvalue weighted by atomic mass is 10.0. The molecule has 0 radical (unpaired) electrons. The molecule has 0 atom stereocenters. The molecule has 132 valence electrons. The number of aromatic nitrogens is 2. The molecule has 4 nitrogen and oxygen atoms in total. The van der Waals surface area contributed by atoms with Gasteiger partial charge in [0.05, 0.1) is 12.7 Å². The second-order valence-electron chi connectivity index (χ2n) is 5.61. The van der Waals surface area contributed by atoms with E-state index in [4.69, 9.17) is 9.47 Å². The van der Waals surface area contributed by atoms with Crippen LogP contribution in [0.15, 0.2) is 53.6 Å². The van der Waals surface area contributed by atoms with E-state index in [9.17, 15) is 8.78 Å². The van der Waals surface area contributed by atoms with Crippen molar-refractivity contribution in [3.8, 4) is 28.8 Å². The number of thioether (sulfide) groups is 1. The second-order valence-corrected chi connectivity index (χ2v) is 6.59. The smallest absolute Gasteiger partial charge is 0.290 e. The van der Waals surface area contributed by atoms with E-state index in [-0.39, 0.29) is 5.03 Å². The summed E-state index contributed by atoms with van der Waals surface area (Å²) >= 11 is 0.411. The second kappa shape index (κ2) is 6.92. The summed E-state index contributed by atoms with van der Waals surface area (Å²) in [6.45, 7) is 0. The van der Waals surface area contributed by atoms with Gasteiger partial charge in [-0.1, -0.05) is 42.5 Å². The molecular weight excluding hydrogens is 358 g/mol. The molecule has 0 bridgehead atoms. The van der Waals surface area contributed by atoms with Crippen LogP contribution in [0.2, 0.25) is 0 Å². The number of hydrogen-bond donors (Lipinski definition) is 0. The Hall–Kier alpha value is -2.67. The number of nitrogens with zero attached hydrogens (tertiary/aromatic N) is 2. The number of benzene rings is 2. The van der Waals surface area contributed by atoms with E-state index in [1.807, 2.05) is 42.5 Å². The average molecular weight is 372 g/mol. The van der Waals surface area contributed by atoms with E-state index in [2.05, 4.69) is 9.97 Å². The zero-order valence-corrected chi connectivity index (χ0v) is 14.6. The minimum absolute atomic E-state index is 0.234. The van der Waals surface area contributed by atoms with Crippen LogP contribution in [0.1, 0.15) is 11.1 Å². The molecule has 7 heteroatoms. The van der Waals surface area contributed by atoms with Gasteiger partial charge in [0.2, 0.25) is 5.88 Å². The van der Waals surface area contributed by atoms with Crippen molar-refractivity contribution in [1.29, 1.82) is 0 Å². The fraction of sp³-hybridized carbons (Fsp3) is 0.158. The first-order valence-electron chi connectivity index (χ1n) is 7.90. The molecule has 2 aromatic carbocycles. The molecule has 0 amide bonds. The lowest BCUT2D eigenvalue weighted by molar-refractivity contribution is 0.251. The van der Waals surface area contributed by atoms with Gasteiger partial charge >= 0.3 is 0 Å². The largest absolute Gasteiger partial charge is 0.493 e. The Morgan fingerprint density at radius 2 is 1.88 bits per heavy atom. The molecule has 0 fully saturated rings. The number of hydrogen-bond acceptors (Lipinski definition) is 5. The number of methoxy groups -OCH3 is 1. The summed E-state index contributed by atoms with van der Waals surface area (Å²) < 4.78 is 37.5. The molecule has 0 spiro atoms. The summed E-state index contributed by atoms with van der Waals surface area (Å²) in [5, 5.41) is 0.234. The Labute approximate surface area is 153 Å². The van der Waals surface area contributed by atoms with Gasteiger partial charge in [-0.05, 0) is 17.8 Å². The van der Waals surface area contributed by atoms with Crippen molar-refractivity contribution >= 4 is 11.8 Å². The lowest BCUT2D eigenvalue weighted by Gasteiger charge is -2.23. The first-order valence-corrected chi connectivity index (χ1v) is 8.78. The molecule has 0 aliphatic carbocycles. The third kappa shape index (κ3) is 3.10. The van der Waals surface area contributed by atoms with Gasteiger partial charge in [0.25, 0.3) is 5.76 Å². The predicted molar refractivity (Wildman–Crippen MR) is 95.2 cm³/mol. The highest BCUT2D eigenvalue weighted by atomic mass is 32.2. The fourth-order valence-electron chi connectivity index (χ4n) is 2.84. The van der Waals surface area contributed by atoms with Crippen LogP contribution < -0.4 is 9.47 Å². The number of ether oxygens (including phenoxy) is 2. The topological polar surface area (TPSA) is 44.2 Å². The zero-order chi connectivity index (χ0) is 18.1. The molecule has 3 aromatic rings. The number of halogens is 2. The number of rotatable bonds is 4. The van der Waals surface area contributed by atoms with Crippen molar-refractivity contribution in [2.75, 3.05) is 7.11 Å². The van der Waals surface area contributed by atoms with Gasteiger partial charge in [-0.3, -0.25) is 0 Å². The highest BCUT2D eigenvalue weighted by Gasteiger charge is 2.27. The molecule has 0 saturated carbocycles. The van der Waals surface area contributed by atoms with Crippen LogP contribution in [0.3, 0.4) is 0 Å². The van der Waals surface area contributed by atoms with Crippen LogP contribution in [0.4, 0.5) is 8.78 Å². The lowest BCUT2D eigenvalue weighted by Crippen LogP contribution is -2.10. The Morgan fingerprint density at radius 3 is 2.62 bits per heavy atom. The van der Waals surface area contributed by atoms with E-state index in [0.717, 1.165) is 11.1 Å². The molecule has 1 aromatic heterocycles. The van der Waals surface area contributed by atoms with Crippen LogP contribution in [-0.2, 0) is 6.42 Å². The van der Waals surface area contributed by atoms with Crippen molar-refractivity contribution in [3.63, 3.8) is 0 Å². The third-order valence-corrected chi connectivity index (χ3v) is 4.75.